The Kier molecular flexibility index (Phi) is 5.41. The summed E-state index contributed by atoms with van der Waals surface area (Å²) in [6.07, 6.45) is 8.41. The number of imidazole rings is 1. The molecule has 3 aromatic rings. The number of carbonyl (C=O) groups is 1. The third-order valence-corrected chi connectivity index (χ3v) is 5.16. The lowest BCUT2D eigenvalue weighted by Crippen LogP contribution is -2.38. The molecule has 0 aliphatic carbocycles. The van der Waals surface area contributed by atoms with Crippen LogP contribution in [0.5, 0.6) is 5.75 Å². The molecule has 0 bridgehead atoms. The second kappa shape index (κ2) is 8.30. The normalized spacial score (nSPS) is 16.5. The van der Waals surface area contributed by atoms with Gasteiger partial charge in [-0.2, -0.15) is 0 Å². The number of nitrogens with one attached hydrogen (secondary N) is 1. The first kappa shape index (κ1) is 18.9. The Morgan fingerprint density at radius 2 is 1.93 bits per heavy atom. The second-order valence-corrected chi connectivity index (χ2v) is 7.12. The highest BCUT2D eigenvalue weighted by molar-refractivity contribution is 6.02. The number of nitrogens with zero attached hydrogens (tertiary/aromatic N) is 5. The molecule has 4 rings (SSSR count). The van der Waals surface area contributed by atoms with E-state index in [-0.39, 0.29) is 5.91 Å². The number of piperidine rings is 1. The van der Waals surface area contributed by atoms with E-state index in [1.165, 1.54) is 19.3 Å². The summed E-state index contributed by atoms with van der Waals surface area (Å²) in [4.78, 5) is 27.8. The molecule has 8 heteroatoms. The number of anilines is 2. The summed E-state index contributed by atoms with van der Waals surface area (Å²) in [5, 5.41) is 2.83. The quantitative estimate of drug-likeness (QED) is 0.717. The van der Waals surface area contributed by atoms with Gasteiger partial charge in [-0.15, -0.1) is 0 Å². The highest BCUT2D eigenvalue weighted by Gasteiger charge is 2.20. The van der Waals surface area contributed by atoms with Crippen LogP contribution >= 0.6 is 0 Å². The molecular formula is C21H24N6O2. The van der Waals surface area contributed by atoms with E-state index < -0.39 is 0 Å². The van der Waals surface area contributed by atoms with Crippen LogP contribution in [0.3, 0.4) is 0 Å². The van der Waals surface area contributed by atoms with Crippen LogP contribution in [0.25, 0.3) is 5.82 Å². The van der Waals surface area contributed by atoms with Gasteiger partial charge < -0.3 is 15.0 Å². The zero-order chi connectivity index (χ0) is 20.2. The van der Waals surface area contributed by atoms with E-state index in [0.717, 1.165) is 18.1 Å². The van der Waals surface area contributed by atoms with Crippen molar-refractivity contribution in [2.75, 3.05) is 23.9 Å². The second-order valence-electron chi connectivity index (χ2n) is 7.12. The smallest absolute Gasteiger partial charge is 0.275 e. The number of ether oxygens (including phenoxy) is 1. The monoisotopic (exact) mass is 392 g/mol. The Morgan fingerprint density at radius 1 is 1.14 bits per heavy atom. The molecule has 1 atom stereocenters. The summed E-state index contributed by atoms with van der Waals surface area (Å²) >= 11 is 0. The van der Waals surface area contributed by atoms with Gasteiger partial charge in [-0.05, 0) is 50.5 Å². The molecule has 0 radical (unpaired) electrons. The van der Waals surface area contributed by atoms with Crippen LogP contribution in [0.1, 0.15) is 36.7 Å². The first-order valence-corrected chi connectivity index (χ1v) is 9.72. The first-order valence-electron chi connectivity index (χ1n) is 9.72. The minimum atomic E-state index is -0.284. The molecule has 2 aromatic heterocycles. The average Bonchev–Trinajstić information content (AvgIpc) is 3.25. The van der Waals surface area contributed by atoms with Gasteiger partial charge >= 0.3 is 0 Å². The maximum Gasteiger partial charge on any atom is 0.275 e. The number of carbonyl (C=O) groups excluding carboxylic acids is 1. The van der Waals surface area contributed by atoms with Gasteiger partial charge in [-0.3, -0.25) is 9.36 Å². The van der Waals surface area contributed by atoms with Gasteiger partial charge in [0.05, 0.1) is 7.11 Å². The minimum absolute atomic E-state index is 0.284. The Hall–Kier alpha value is -3.42. The molecule has 1 aromatic carbocycles. The van der Waals surface area contributed by atoms with Crippen molar-refractivity contribution in [2.45, 2.75) is 32.2 Å². The predicted molar refractivity (Wildman–Crippen MR) is 111 cm³/mol. The zero-order valence-corrected chi connectivity index (χ0v) is 16.6. The molecule has 1 fully saturated rings. The van der Waals surface area contributed by atoms with E-state index in [1.54, 1.807) is 54.8 Å². The molecule has 3 heterocycles. The maximum absolute atomic E-state index is 12.5. The Morgan fingerprint density at radius 3 is 2.69 bits per heavy atom. The van der Waals surface area contributed by atoms with E-state index >= 15 is 0 Å². The lowest BCUT2D eigenvalue weighted by molar-refractivity contribution is 0.102. The van der Waals surface area contributed by atoms with Crippen LogP contribution in [-0.2, 0) is 0 Å². The Labute approximate surface area is 169 Å². The molecular weight excluding hydrogens is 368 g/mol. The number of hydrogen-bond acceptors (Lipinski definition) is 6. The minimum Gasteiger partial charge on any atom is -0.497 e. The topological polar surface area (TPSA) is 85.2 Å². The van der Waals surface area contributed by atoms with Crippen molar-refractivity contribution in [1.82, 2.24) is 19.5 Å². The van der Waals surface area contributed by atoms with Gasteiger partial charge in [0.2, 0.25) is 0 Å². The molecule has 1 aliphatic heterocycles. The summed E-state index contributed by atoms with van der Waals surface area (Å²) in [5.74, 6) is 2.03. The number of methoxy groups -OCH3 is 1. The fourth-order valence-corrected chi connectivity index (χ4v) is 3.51. The Bertz CT molecular complexity index is 985. The lowest BCUT2D eigenvalue weighted by Gasteiger charge is -2.34. The molecule has 1 amide bonds. The third-order valence-electron chi connectivity index (χ3n) is 5.16. The molecule has 29 heavy (non-hydrogen) atoms. The first-order chi connectivity index (χ1) is 14.1. The molecule has 0 unspecified atom stereocenters. The van der Waals surface area contributed by atoms with E-state index in [4.69, 9.17) is 4.74 Å². The summed E-state index contributed by atoms with van der Waals surface area (Å²) in [5.41, 5.74) is 0.987. The van der Waals surface area contributed by atoms with Gasteiger partial charge in [0.25, 0.3) is 5.91 Å². The number of hydrogen-bond donors (Lipinski definition) is 1. The largest absolute Gasteiger partial charge is 0.497 e. The molecule has 0 spiro atoms. The molecule has 1 N–H and O–H groups in total. The molecule has 0 saturated carbocycles. The Balaban J connectivity index is 1.49. The molecule has 1 saturated heterocycles. The fourth-order valence-electron chi connectivity index (χ4n) is 3.51. The van der Waals surface area contributed by atoms with E-state index in [1.807, 2.05) is 6.07 Å². The molecule has 8 nitrogen and oxygen atoms in total. The van der Waals surface area contributed by atoms with Crippen LogP contribution in [0, 0.1) is 0 Å². The van der Waals surface area contributed by atoms with Crippen molar-refractivity contribution >= 4 is 17.4 Å². The van der Waals surface area contributed by atoms with Crippen LogP contribution < -0.4 is 15.0 Å². The van der Waals surface area contributed by atoms with Crippen LogP contribution in [0.4, 0.5) is 11.5 Å². The summed E-state index contributed by atoms with van der Waals surface area (Å²) in [6.45, 7) is 3.22. The number of benzene rings is 1. The highest BCUT2D eigenvalue weighted by atomic mass is 16.5. The average molecular weight is 392 g/mol. The summed E-state index contributed by atoms with van der Waals surface area (Å²) < 4.78 is 6.87. The molecule has 1 aliphatic rings. The van der Waals surface area contributed by atoms with Gasteiger partial charge in [0.1, 0.15) is 35.7 Å². The number of rotatable bonds is 5. The fraction of sp³-hybridized carbons (Fsp3) is 0.333. The van der Waals surface area contributed by atoms with Crippen LogP contribution in [0.2, 0.25) is 0 Å². The van der Waals surface area contributed by atoms with Gasteiger partial charge in [-0.25, -0.2) is 15.0 Å². The van der Waals surface area contributed by atoms with Crippen molar-refractivity contribution in [3.8, 4) is 11.6 Å². The summed E-state index contributed by atoms with van der Waals surface area (Å²) in [6, 6.07) is 9.54. The predicted octanol–water partition coefficient (Wildman–Crippen LogP) is 3.30. The van der Waals surface area contributed by atoms with Crippen molar-refractivity contribution < 1.29 is 9.53 Å². The standard InChI is InChI=1S/C21H24N6O2/c1-15-5-3-4-10-27(15)20-11-19(22-13-23-20)26-12-18(24-14-26)21(28)25-16-6-8-17(29-2)9-7-16/h6-9,11-15H,3-5,10H2,1-2H3,(H,25,28)/t15-/m1/s1. The van der Waals surface area contributed by atoms with Crippen molar-refractivity contribution in [3.05, 3.63) is 54.9 Å². The SMILES string of the molecule is COc1ccc(NC(=O)c2cn(-c3cc(N4CCCC[C@H]4C)ncn3)cn2)cc1. The van der Waals surface area contributed by atoms with E-state index in [9.17, 15) is 4.79 Å². The van der Waals surface area contributed by atoms with Crippen LogP contribution in [-0.4, -0.2) is 45.1 Å². The van der Waals surface area contributed by atoms with E-state index in [0.29, 0.717) is 23.2 Å². The highest BCUT2D eigenvalue weighted by Crippen LogP contribution is 2.23. The van der Waals surface area contributed by atoms with Crippen LogP contribution in [0.15, 0.2) is 49.2 Å². The number of aromatic nitrogens is 4. The van der Waals surface area contributed by atoms with Crippen molar-refractivity contribution in [3.63, 3.8) is 0 Å². The van der Waals surface area contributed by atoms with Crippen molar-refractivity contribution in [1.29, 1.82) is 0 Å². The van der Waals surface area contributed by atoms with E-state index in [2.05, 4.69) is 32.1 Å². The zero-order valence-electron chi connectivity index (χ0n) is 16.6. The van der Waals surface area contributed by atoms with Gasteiger partial charge in [0.15, 0.2) is 0 Å². The van der Waals surface area contributed by atoms with Gasteiger partial charge in [0, 0.05) is 30.5 Å². The van der Waals surface area contributed by atoms with Crippen molar-refractivity contribution in [2.24, 2.45) is 0 Å². The summed E-state index contributed by atoms with van der Waals surface area (Å²) in [7, 11) is 1.60. The third kappa shape index (κ3) is 4.21. The lowest BCUT2D eigenvalue weighted by atomic mass is 10.0. The molecule has 150 valence electrons. The number of amides is 1. The van der Waals surface area contributed by atoms with Gasteiger partial charge in [-0.1, -0.05) is 0 Å². The maximum atomic E-state index is 12.5.